The van der Waals surface area contributed by atoms with Gasteiger partial charge in [-0.25, -0.2) is 10.9 Å². The molecule has 3 heteroatoms. The molecule has 1 aliphatic rings. The zero-order chi connectivity index (χ0) is 6.69. The van der Waals surface area contributed by atoms with E-state index in [0.29, 0.717) is 0 Å². The summed E-state index contributed by atoms with van der Waals surface area (Å²) in [7, 11) is -0.0631. The third-order valence-electron chi connectivity index (χ3n) is 1.23. The van der Waals surface area contributed by atoms with Crippen LogP contribution in [0.4, 0.5) is 0 Å². The summed E-state index contributed by atoms with van der Waals surface area (Å²) in [6.07, 6.45) is 5.40. The molecule has 1 rings (SSSR count). The molecule has 0 aromatic rings. The van der Waals surface area contributed by atoms with Gasteiger partial charge in [-0.05, 0) is 18.9 Å². The molecule has 0 bridgehead atoms. The van der Waals surface area contributed by atoms with E-state index in [1.54, 1.807) is 0 Å². The second kappa shape index (κ2) is 3.44. The first-order valence-corrected chi connectivity index (χ1v) is 5.51. The zero-order valence-electron chi connectivity index (χ0n) is 5.96. The van der Waals surface area contributed by atoms with E-state index >= 15 is 0 Å². The van der Waals surface area contributed by atoms with Crippen molar-refractivity contribution >= 4 is 10.9 Å². The molecule has 0 atom stereocenters. The van der Waals surface area contributed by atoms with Gasteiger partial charge in [0.1, 0.15) is 0 Å². The molecule has 0 spiro atoms. The zero-order valence-corrected chi connectivity index (χ0v) is 6.86. The second-order valence-corrected chi connectivity index (χ2v) is 4.71. The molecule has 1 aliphatic heterocycles. The number of hydrogen-bond donors (Lipinski definition) is 1. The molecule has 0 N–H and O–H groups in total. The van der Waals surface area contributed by atoms with E-state index < -0.39 is 0 Å². The van der Waals surface area contributed by atoms with Gasteiger partial charge < -0.3 is 9.47 Å². The minimum Gasteiger partial charge on any atom is -0.345 e. The Morgan fingerprint density at radius 1 is 1.22 bits per heavy atom. The number of thiol groups is 1. The van der Waals surface area contributed by atoms with Crippen LogP contribution in [-0.4, -0.2) is 31.3 Å². The van der Waals surface area contributed by atoms with Crippen molar-refractivity contribution in [3.63, 3.8) is 0 Å². The highest BCUT2D eigenvalue weighted by Gasteiger charge is 2.14. The van der Waals surface area contributed by atoms with Crippen molar-refractivity contribution in [1.82, 2.24) is 0 Å². The van der Waals surface area contributed by atoms with E-state index in [0.717, 1.165) is 19.6 Å². The summed E-state index contributed by atoms with van der Waals surface area (Å²) in [5, 5.41) is 0. The highest BCUT2D eigenvalue weighted by Crippen LogP contribution is 2.26. The summed E-state index contributed by atoms with van der Waals surface area (Å²) in [5.41, 5.74) is 0.119. The van der Waals surface area contributed by atoms with Gasteiger partial charge in [-0.1, -0.05) is 0 Å². The molecule has 1 heterocycles. The average Bonchev–Trinajstić information content (AvgIpc) is 1.90. The van der Waals surface area contributed by atoms with Gasteiger partial charge >= 0.3 is 0 Å². The summed E-state index contributed by atoms with van der Waals surface area (Å²) in [5.74, 6) is 0. The first kappa shape index (κ1) is 7.38. The monoisotopic (exact) mass is 150 g/mol. The fourth-order valence-corrected chi connectivity index (χ4v) is 1.58. The lowest BCUT2D eigenvalue weighted by Gasteiger charge is -2.27. The van der Waals surface area contributed by atoms with Crippen LogP contribution in [-0.2, 0) is 9.47 Å². The van der Waals surface area contributed by atoms with Crippen molar-refractivity contribution in [3.05, 3.63) is 0 Å². The van der Waals surface area contributed by atoms with E-state index in [1.807, 2.05) is 0 Å². The van der Waals surface area contributed by atoms with Crippen LogP contribution in [0, 0.1) is 0 Å². The Hall–Kier alpha value is 0.270. The standard InChI is InChI=1S/C6H14O2S/c1-9(2)6-7-4-3-5-8-6/h6,9H,3-5H2,1-2H3. The largest absolute Gasteiger partial charge is 0.345 e. The van der Waals surface area contributed by atoms with Crippen molar-refractivity contribution in [2.75, 3.05) is 25.7 Å². The summed E-state index contributed by atoms with van der Waals surface area (Å²) < 4.78 is 10.7. The van der Waals surface area contributed by atoms with Crippen molar-refractivity contribution in [3.8, 4) is 0 Å². The molecule has 0 aliphatic carbocycles. The summed E-state index contributed by atoms with van der Waals surface area (Å²) in [6.45, 7) is 1.76. The fourth-order valence-electron chi connectivity index (χ4n) is 0.773. The molecular formula is C6H14O2S. The molecule has 0 aromatic heterocycles. The van der Waals surface area contributed by atoms with Crippen LogP contribution in [0.15, 0.2) is 0 Å². The van der Waals surface area contributed by atoms with E-state index in [1.165, 1.54) is 0 Å². The van der Waals surface area contributed by atoms with Crippen LogP contribution < -0.4 is 0 Å². The van der Waals surface area contributed by atoms with Crippen LogP contribution in [0.3, 0.4) is 0 Å². The first-order chi connectivity index (χ1) is 4.30. The Bertz CT molecular complexity index is 79.1. The van der Waals surface area contributed by atoms with Crippen molar-refractivity contribution in [2.24, 2.45) is 0 Å². The third kappa shape index (κ3) is 2.16. The van der Waals surface area contributed by atoms with Crippen LogP contribution in [0.2, 0.25) is 0 Å². The van der Waals surface area contributed by atoms with Gasteiger partial charge in [0, 0.05) is 0 Å². The highest BCUT2D eigenvalue weighted by molar-refractivity contribution is 8.16. The summed E-state index contributed by atoms with van der Waals surface area (Å²) in [4.78, 5) is 0. The molecule has 0 amide bonds. The van der Waals surface area contributed by atoms with Gasteiger partial charge in [-0.2, -0.15) is 0 Å². The molecule has 1 fully saturated rings. The maximum Gasteiger partial charge on any atom is 0.188 e. The van der Waals surface area contributed by atoms with Crippen LogP contribution in [0.25, 0.3) is 0 Å². The van der Waals surface area contributed by atoms with Crippen molar-refractivity contribution in [1.29, 1.82) is 0 Å². The van der Waals surface area contributed by atoms with Gasteiger partial charge in [0.25, 0.3) is 0 Å². The van der Waals surface area contributed by atoms with Crippen LogP contribution >= 0.6 is 10.9 Å². The molecule has 0 radical (unpaired) electrons. The Morgan fingerprint density at radius 2 is 1.78 bits per heavy atom. The molecule has 0 unspecified atom stereocenters. The van der Waals surface area contributed by atoms with Crippen molar-refractivity contribution < 1.29 is 9.47 Å². The second-order valence-electron chi connectivity index (χ2n) is 2.37. The lowest BCUT2D eigenvalue weighted by atomic mass is 10.5. The molecule has 0 aromatic carbocycles. The Morgan fingerprint density at radius 3 is 2.11 bits per heavy atom. The number of rotatable bonds is 1. The molecule has 0 saturated carbocycles. The fraction of sp³-hybridized carbons (Fsp3) is 1.00. The van der Waals surface area contributed by atoms with Gasteiger partial charge in [0.2, 0.25) is 0 Å². The van der Waals surface area contributed by atoms with Gasteiger partial charge in [0.05, 0.1) is 13.2 Å². The van der Waals surface area contributed by atoms with Gasteiger partial charge in [-0.15, -0.1) is 0 Å². The maximum absolute atomic E-state index is 5.35. The molecule has 9 heavy (non-hydrogen) atoms. The Kier molecular flexibility index (Phi) is 2.82. The SMILES string of the molecule is C[SH](C)C1OCCCO1. The highest BCUT2D eigenvalue weighted by atomic mass is 32.2. The van der Waals surface area contributed by atoms with Crippen LogP contribution in [0.1, 0.15) is 6.42 Å². The number of ether oxygens (including phenoxy) is 2. The molecule has 56 valence electrons. The Labute approximate surface area is 58.9 Å². The maximum atomic E-state index is 5.35. The van der Waals surface area contributed by atoms with Gasteiger partial charge in [0.15, 0.2) is 5.62 Å². The van der Waals surface area contributed by atoms with E-state index in [-0.39, 0.29) is 16.5 Å². The minimum atomic E-state index is -0.0631. The Balaban J connectivity index is 2.23. The molecular weight excluding hydrogens is 136 g/mol. The topological polar surface area (TPSA) is 18.5 Å². The smallest absolute Gasteiger partial charge is 0.188 e. The van der Waals surface area contributed by atoms with E-state index in [9.17, 15) is 0 Å². The minimum absolute atomic E-state index is 0.0631. The average molecular weight is 150 g/mol. The number of hydrogen-bond acceptors (Lipinski definition) is 2. The van der Waals surface area contributed by atoms with E-state index in [2.05, 4.69) is 12.5 Å². The quantitative estimate of drug-likeness (QED) is 0.561. The molecule has 2 nitrogen and oxygen atoms in total. The normalized spacial score (nSPS) is 24.0. The molecule has 1 saturated heterocycles. The summed E-state index contributed by atoms with van der Waals surface area (Å²) >= 11 is 0. The van der Waals surface area contributed by atoms with Crippen molar-refractivity contribution in [2.45, 2.75) is 12.0 Å². The lowest BCUT2D eigenvalue weighted by Crippen LogP contribution is -2.23. The third-order valence-corrected chi connectivity index (χ3v) is 2.37. The predicted molar refractivity (Wildman–Crippen MR) is 41.1 cm³/mol. The summed E-state index contributed by atoms with van der Waals surface area (Å²) in [6, 6.07) is 0. The van der Waals surface area contributed by atoms with E-state index in [4.69, 9.17) is 9.47 Å². The first-order valence-electron chi connectivity index (χ1n) is 3.20. The predicted octanol–water partition coefficient (Wildman–Crippen LogP) is 0.968. The van der Waals surface area contributed by atoms with Crippen LogP contribution in [0.5, 0.6) is 0 Å². The van der Waals surface area contributed by atoms with Gasteiger partial charge in [-0.3, -0.25) is 0 Å². The lowest BCUT2D eigenvalue weighted by molar-refractivity contribution is -0.124.